The van der Waals surface area contributed by atoms with Crippen LogP contribution in [0.15, 0.2) is 61.4 Å². The van der Waals surface area contributed by atoms with Crippen molar-refractivity contribution in [2.45, 2.75) is 9.92 Å². The van der Waals surface area contributed by atoms with Gasteiger partial charge in [-0.05, 0) is 74.9 Å². The van der Waals surface area contributed by atoms with Gasteiger partial charge in [-0.2, -0.15) is 0 Å². The lowest BCUT2D eigenvalue weighted by atomic mass is 10.1. The van der Waals surface area contributed by atoms with Crippen LogP contribution in [0.5, 0.6) is 0 Å². The van der Waals surface area contributed by atoms with Gasteiger partial charge < -0.3 is 9.84 Å². The molecule has 0 atom stereocenters. The van der Waals surface area contributed by atoms with Crippen LogP contribution in [0.4, 0.5) is 11.4 Å². The number of primary sulfonamides is 1. The zero-order valence-corrected chi connectivity index (χ0v) is 17.9. The van der Waals surface area contributed by atoms with Crippen LogP contribution in [-0.4, -0.2) is 13.6 Å². The average Bonchev–Trinajstić information content (AvgIpc) is 2.96. The minimum absolute atomic E-state index is 0.0325. The third-order valence-electron chi connectivity index (χ3n) is 3.26. The minimum Gasteiger partial charge on any atom is -0.355 e. The van der Waals surface area contributed by atoms with E-state index in [-0.39, 0.29) is 4.90 Å². The number of rotatable bonds is 4. The van der Waals surface area contributed by atoms with Gasteiger partial charge >= 0.3 is 0 Å². The van der Waals surface area contributed by atoms with Gasteiger partial charge in [0.25, 0.3) is 0 Å². The number of nitrogens with two attached hydrogens (primary N) is 1. The quantitative estimate of drug-likeness (QED) is 0.330. The average molecular weight is 552 g/mol. The van der Waals surface area contributed by atoms with E-state index in [4.69, 9.17) is 9.66 Å². The van der Waals surface area contributed by atoms with Crippen molar-refractivity contribution in [1.29, 1.82) is 0 Å². The van der Waals surface area contributed by atoms with E-state index in [0.29, 0.717) is 26.5 Å². The molecule has 0 bridgehead atoms. The van der Waals surface area contributed by atoms with Crippen LogP contribution < -0.4 is 10.5 Å². The molecule has 10 heteroatoms. The standard InChI is InChI=1S/C15H11BrIN3O3S2/c16-11-5-10(13-7-15(24)20-23-13)12(6-14(11)25(18,21)22)19-9-3-1-8(17)2-4-9/h1-7,19H,(H,20,24)(H2,18,21,22). The topological polar surface area (TPSA) is 98.2 Å². The third kappa shape index (κ3) is 4.37. The molecular weight excluding hydrogens is 541 g/mol. The van der Waals surface area contributed by atoms with Gasteiger partial charge in [0.2, 0.25) is 10.0 Å². The normalized spacial score (nSPS) is 11.5. The third-order valence-corrected chi connectivity index (χ3v) is 6.06. The summed E-state index contributed by atoms with van der Waals surface area (Å²) >= 11 is 9.59. The molecule has 0 radical (unpaired) electrons. The van der Waals surface area contributed by atoms with Gasteiger partial charge in [0.05, 0.1) is 10.6 Å². The van der Waals surface area contributed by atoms with Gasteiger partial charge in [-0.3, -0.25) is 0 Å². The van der Waals surface area contributed by atoms with Gasteiger partial charge in [0.1, 0.15) is 5.03 Å². The highest BCUT2D eigenvalue weighted by Crippen LogP contribution is 2.37. The largest absolute Gasteiger partial charge is 0.355 e. The van der Waals surface area contributed by atoms with Crippen LogP contribution in [0, 0.1) is 3.57 Å². The molecule has 3 N–H and O–H groups in total. The number of anilines is 2. The Balaban J connectivity index is 2.16. The Labute approximate surface area is 171 Å². The summed E-state index contributed by atoms with van der Waals surface area (Å²) in [5, 5.41) is 12.7. The van der Waals surface area contributed by atoms with E-state index in [1.165, 1.54) is 6.07 Å². The van der Waals surface area contributed by atoms with Crippen LogP contribution in [0.2, 0.25) is 0 Å². The van der Waals surface area contributed by atoms with Gasteiger partial charge in [0.15, 0.2) is 5.76 Å². The minimum atomic E-state index is -3.90. The summed E-state index contributed by atoms with van der Waals surface area (Å²) in [7, 11) is -3.90. The molecular formula is C15H11BrIN3O3S2. The number of hydrogen-bond donors (Lipinski definition) is 3. The van der Waals surface area contributed by atoms with Crippen LogP contribution in [-0.2, 0) is 10.0 Å². The predicted molar refractivity (Wildman–Crippen MR) is 111 cm³/mol. The van der Waals surface area contributed by atoms with Crippen molar-refractivity contribution in [2.24, 2.45) is 5.14 Å². The summed E-state index contributed by atoms with van der Waals surface area (Å²) in [4.78, 5) is -0.0325. The lowest BCUT2D eigenvalue weighted by molar-refractivity contribution is 0.416. The zero-order valence-electron chi connectivity index (χ0n) is 12.4. The van der Waals surface area contributed by atoms with E-state index < -0.39 is 10.0 Å². The molecule has 0 aliphatic rings. The highest BCUT2D eigenvalue weighted by molar-refractivity contribution is 14.1. The zero-order chi connectivity index (χ0) is 18.2. The molecule has 0 amide bonds. The van der Waals surface area contributed by atoms with Gasteiger partial charge in [-0.25, -0.2) is 13.6 Å². The van der Waals surface area contributed by atoms with Crippen molar-refractivity contribution in [3.8, 4) is 11.3 Å². The maximum atomic E-state index is 11.8. The first-order valence-electron chi connectivity index (χ1n) is 6.79. The Kier molecular flexibility index (Phi) is 5.44. The Morgan fingerprint density at radius 2 is 1.88 bits per heavy atom. The molecule has 0 aliphatic heterocycles. The monoisotopic (exact) mass is 551 g/mol. The Bertz CT molecular complexity index is 1040. The first kappa shape index (κ1) is 18.7. The molecule has 0 saturated heterocycles. The van der Waals surface area contributed by atoms with Crippen LogP contribution in [0.1, 0.15) is 0 Å². The molecule has 25 heavy (non-hydrogen) atoms. The first-order chi connectivity index (χ1) is 11.7. The Morgan fingerprint density at radius 1 is 1.20 bits per heavy atom. The van der Waals surface area contributed by atoms with Crippen LogP contribution in [0.25, 0.3) is 11.3 Å². The smallest absolute Gasteiger partial charge is 0.239 e. The number of benzene rings is 2. The second-order valence-corrected chi connectivity index (χ2v) is 9.14. The molecule has 1 aromatic heterocycles. The molecule has 0 aliphatic carbocycles. The summed E-state index contributed by atoms with van der Waals surface area (Å²) in [6, 6.07) is 12.3. The molecule has 0 unspecified atom stereocenters. The van der Waals surface area contributed by atoms with Gasteiger partial charge in [-0.1, -0.05) is 5.16 Å². The predicted octanol–water partition coefficient (Wildman–Crippen LogP) is 4.39. The fourth-order valence-electron chi connectivity index (χ4n) is 2.16. The lowest BCUT2D eigenvalue weighted by Gasteiger charge is -2.13. The summed E-state index contributed by atoms with van der Waals surface area (Å²) in [5.41, 5.74) is 1.92. The summed E-state index contributed by atoms with van der Waals surface area (Å²) in [5.74, 6) is 0.444. The number of thiol groups is 1. The van der Waals surface area contributed by atoms with E-state index in [1.807, 2.05) is 24.3 Å². The number of hydrogen-bond acceptors (Lipinski definition) is 6. The number of aromatic nitrogens is 1. The number of sulfonamides is 1. The Morgan fingerprint density at radius 3 is 2.44 bits per heavy atom. The van der Waals surface area contributed by atoms with Gasteiger partial charge in [-0.15, -0.1) is 12.6 Å². The SMILES string of the molecule is NS(=O)(=O)c1cc(Nc2ccc(I)cc2)c(-c2cc(S)no2)cc1Br. The van der Waals surface area contributed by atoms with Gasteiger partial charge in [0, 0.05) is 25.4 Å². The van der Waals surface area contributed by atoms with E-state index >= 15 is 0 Å². The van der Waals surface area contributed by atoms with E-state index in [1.54, 1.807) is 12.1 Å². The van der Waals surface area contributed by atoms with Crippen molar-refractivity contribution >= 4 is 72.5 Å². The van der Waals surface area contributed by atoms with Crippen molar-refractivity contribution in [2.75, 3.05) is 5.32 Å². The van der Waals surface area contributed by atoms with E-state index in [0.717, 1.165) is 9.26 Å². The summed E-state index contributed by atoms with van der Waals surface area (Å²) in [6.45, 7) is 0. The molecule has 3 aromatic rings. The van der Waals surface area contributed by atoms with E-state index in [2.05, 4.69) is 61.6 Å². The first-order valence-corrected chi connectivity index (χ1v) is 10.7. The number of halogens is 2. The maximum Gasteiger partial charge on any atom is 0.239 e. The fraction of sp³-hybridized carbons (Fsp3) is 0. The summed E-state index contributed by atoms with van der Waals surface area (Å²) in [6.07, 6.45) is 0. The van der Waals surface area contributed by atoms with Crippen molar-refractivity contribution < 1.29 is 12.9 Å². The molecule has 130 valence electrons. The number of nitrogens with one attached hydrogen (secondary N) is 1. The second kappa shape index (κ2) is 7.27. The Hall–Kier alpha value is -1.08. The molecule has 6 nitrogen and oxygen atoms in total. The molecule has 2 aromatic carbocycles. The lowest BCUT2D eigenvalue weighted by Crippen LogP contribution is -2.13. The molecule has 1 heterocycles. The van der Waals surface area contributed by atoms with Crippen molar-refractivity contribution in [3.63, 3.8) is 0 Å². The molecule has 3 rings (SSSR count). The fourth-order valence-corrected chi connectivity index (χ4v) is 4.31. The van der Waals surface area contributed by atoms with Crippen molar-refractivity contribution in [1.82, 2.24) is 5.16 Å². The van der Waals surface area contributed by atoms with Crippen LogP contribution in [0.3, 0.4) is 0 Å². The number of nitrogens with zero attached hydrogens (tertiary/aromatic N) is 1. The second-order valence-electron chi connectivity index (χ2n) is 5.05. The highest BCUT2D eigenvalue weighted by atomic mass is 127. The van der Waals surface area contributed by atoms with Crippen LogP contribution >= 0.6 is 51.1 Å². The molecule has 0 saturated carbocycles. The molecule has 0 fully saturated rings. The van der Waals surface area contributed by atoms with Crippen molar-refractivity contribution in [3.05, 3.63) is 50.5 Å². The maximum absolute atomic E-state index is 11.8. The molecule has 0 spiro atoms. The summed E-state index contributed by atoms with van der Waals surface area (Å²) < 4.78 is 30.3. The highest BCUT2D eigenvalue weighted by Gasteiger charge is 2.19. The van der Waals surface area contributed by atoms with E-state index in [9.17, 15) is 8.42 Å².